The van der Waals surface area contributed by atoms with Crippen molar-refractivity contribution in [1.29, 1.82) is 5.26 Å². The van der Waals surface area contributed by atoms with Crippen molar-refractivity contribution >= 4 is 28.9 Å². The summed E-state index contributed by atoms with van der Waals surface area (Å²) in [5.74, 6) is 0.692. The minimum atomic E-state index is -0.0156. The van der Waals surface area contributed by atoms with Gasteiger partial charge in [0.05, 0.1) is 11.6 Å². The van der Waals surface area contributed by atoms with E-state index in [9.17, 15) is 9.59 Å². The van der Waals surface area contributed by atoms with Crippen LogP contribution < -0.4 is 0 Å². The Labute approximate surface area is 185 Å². The zero-order valence-electron chi connectivity index (χ0n) is 17.4. The number of nitrogens with zero attached hydrogens (tertiary/aromatic N) is 5. The maximum absolute atomic E-state index is 13.0. The highest BCUT2D eigenvalue weighted by atomic mass is 16.2. The summed E-state index contributed by atoms with van der Waals surface area (Å²) in [4.78, 5) is 29.5. The normalized spacial score (nSPS) is 20.5. The first-order valence-electron chi connectivity index (χ1n) is 10.7. The molecule has 2 aliphatic heterocycles. The number of benzene rings is 2. The van der Waals surface area contributed by atoms with Crippen LogP contribution >= 0.6 is 0 Å². The highest BCUT2D eigenvalue weighted by molar-refractivity contribution is 5.97. The lowest BCUT2D eigenvalue weighted by Gasteiger charge is -2.34. The molecule has 1 aromatic heterocycles. The summed E-state index contributed by atoms with van der Waals surface area (Å²) < 4.78 is 0. The van der Waals surface area contributed by atoms with Crippen LogP contribution in [-0.4, -0.2) is 63.2 Å². The second-order valence-electron chi connectivity index (χ2n) is 8.40. The summed E-state index contributed by atoms with van der Waals surface area (Å²) in [6.07, 6.45) is 4.27. The van der Waals surface area contributed by atoms with Crippen molar-refractivity contribution < 1.29 is 9.59 Å². The lowest BCUT2D eigenvalue weighted by molar-refractivity contribution is -0.125. The summed E-state index contributed by atoms with van der Waals surface area (Å²) in [5, 5.41) is 19.5. The average Bonchev–Trinajstić information content (AvgIpc) is 3.48. The minimum Gasteiger partial charge on any atom is -0.339 e. The van der Waals surface area contributed by atoms with Crippen molar-refractivity contribution in [2.45, 2.75) is 6.42 Å². The van der Waals surface area contributed by atoms with Crippen molar-refractivity contribution in [3.63, 3.8) is 0 Å². The number of nitriles is 1. The fraction of sp³-hybridized carbons (Fsp3) is 0.292. The van der Waals surface area contributed by atoms with Gasteiger partial charge in [-0.25, -0.2) is 0 Å². The molecule has 3 aromatic rings. The number of hydrogen-bond acceptors (Lipinski definition) is 5. The number of rotatable bonds is 3. The van der Waals surface area contributed by atoms with Gasteiger partial charge in [0.15, 0.2) is 0 Å². The topological polar surface area (TPSA) is 106 Å². The van der Waals surface area contributed by atoms with Crippen LogP contribution in [0, 0.1) is 23.2 Å². The molecule has 2 amide bonds. The summed E-state index contributed by atoms with van der Waals surface area (Å²) in [5.41, 5.74) is 3.50. The SMILES string of the molecule is N#Cc1ccc(C=CC(=O)N2CC3CCN(C(=O)c4ccc5n[nH]nc5c4)CC3C2)cc1. The maximum atomic E-state index is 13.0. The van der Waals surface area contributed by atoms with Crippen LogP contribution in [0.2, 0.25) is 0 Å². The van der Waals surface area contributed by atoms with Crippen molar-refractivity contribution in [1.82, 2.24) is 25.2 Å². The number of aromatic amines is 1. The number of fused-ring (bicyclic) bond motifs is 2. The van der Waals surface area contributed by atoms with Gasteiger partial charge in [-0.05, 0) is 60.2 Å². The third-order valence-electron chi connectivity index (χ3n) is 6.42. The first-order chi connectivity index (χ1) is 15.6. The molecule has 2 saturated heterocycles. The standard InChI is InChI=1S/C24H22N6O2/c25-12-17-3-1-16(2-4-17)5-8-23(31)30-13-19-9-10-29(14-20(19)15-30)24(32)18-6-7-21-22(11-18)27-28-26-21/h1-8,11,19-20H,9-10,13-15H2,(H,26,27,28). The zero-order chi connectivity index (χ0) is 22.1. The van der Waals surface area contributed by atoms with Gasteiger partial charge in [0.2, 0.25) is 5.91 Å². The van der Waals surface area contributed by atoms with Gasteiger partial charge in [-0.15, -0.1) is 0 Å². The molecule has 2 unspecified atom stereocenters. The lowest BCUT2D eigenvalue weighted by atomic mass is 9.88. The number of aromatic nitrogens is 3. The Morgan fingerprint density at radius 1 is 1.00 bits per heavy atom. The Morgan fingerprint density at radius 3 is 2.56 bits per heavy atom. The van der Waals surface area contributed by atoms with E-state index in [0.717, 1.165) is 24.0 Å². The largest absolute Gasteiger partial charge is 0.339 e. The predicted molar refractivity (Wildman–Crippen MR) is 118 cm³/mol. The van der Waals surface area contributed by atoms with Gasteiger partial charge < -0.3 is 9.80 Å². The van der Waals surface area contributed by atoms with E-state index in [-0.39, 0.29) is 17.7 Å². The van der Waals surface area contributed by atoms with E-state index in [1.54, 1.807) is 42.5 Å². The van der Waals surface area contributed by atoms with Gasteiger partial charge in [-0.1, -0.05) is 12.1 Å². The highest BCUT2D eigenvalue weighted by Crippen LogP contribution is 2.32. The summed E-state index contributed by atoms with van der Waals surface area (Å²) in [6.45, 7) is 2.74. The third-order valence-corrected chi connectivity index (χ3v) is 6.42. The van der Waals surface area contributed by atoms with Crippen molar-refractivity contribution in [2.24, 2.45) is 11.8 Å². The van der Waals surface area contributed by atoms with Crippen molar-refractivity contribution in [3.8, 4) is 6.07 Å². The molecular weight excluding hydrogens is 404 g/mol. The molecule has 160 valence electrons. The van der Waals surface area contributed by atoms with Gasteiger partial charge in [0.1, 0.15) is 11.0 Å². The number of hydrogen-bond donors (Lipinski definition) is 1. The van der Waals surface area contributed by atoms with Crippen LogP contribution in [0.5, 0.6) is 0 Å². The third kappa shape index (κ3) is 3.85. The van der Waals surface area contributed by atoms with Gasteiger partial charge in [-0.3, -0.25) is 9.59 Å². The second kappa shape index (κ2) is 8.27. The van der Waals surface area contributed by atoms with E-state index in [1.807, 2.05) is 21.9 Å². The summed E-state index contributed by atoms with van der Waals surface area (Å²) in [6, 6.07) is 14.6. The van der Waals surface area contributed by atoms with Crippen LogP contribution in [0.15, 0.2) is 48.5 Å². The van der Waals surface area contributed by atoms with Crippen LogP contribution in [0.1, 0.15) is 27.9 Å². The summed E-state index contributed by atoms with van der Waals surface area (Å²) >= 11 is 0. The Kier molecular flexibility index (Phi) is 5.15. The molecule has 2 aliphatic rings. The fourth-order valence-electron chi connectivity index (χ4n) is 4.63. The zero-order valence-corrected chi connectivity index (χ0v) is 17.4. The Balaban J connectivity index is 1.21. The highest BCUT2D eigenvalue weighted by Gasteiger charge is 2.39. The van der Waals surface area contributed by atoms with E-state index in [0.29, 0.717) is 42.2 Å². The van der Waals surface area contributed by atoms with Crippen LogP contribution in [0.25, 0.3) is 17.1 Å². The van der Waals surface area contributed by atoms with E-state index < -0.39 is 0 Å². The van der Waals surface area contributed by atoms with Crippen molar-refractivity contribution in [3.05, 3.63) is 65.2 Å². The number of carbonyl (C=O) groups is 2. The number of H-pyrrole nitrogens is 1. The number of piperidine rings is 1. The molecule has 8 heteroatoms. The number of likely N-dealkylation sites (tertiary alicyclic amines) is 2. The molecule has 2 fully saturated rings. The molecule has 0 radical (unpaired) electrons. The van der Waals surface area contributed by atoms with Gasteiger partial charge >= 0.3 is 0 Å². The smallest absolute Gasteiger partial charge is 0.253 e. The van der Waals surface area contributed by atoms with E-state index in [4.69, 9.17) is 5.26 Å². The fourth-order valence-corrected chi connectivity index (χ4v) is 4.63. The minimum absolute atomic E-state index is 0.00108. The lowest BCUT2D eigenvalue weighted by Crippen LogP contribution is -2.43. The second-order valence-corrected chi connectivity index (χ2v) is 8.40. The van der Waals surface area contributed by atoms with E-state index >= 15 is 0 Å². The van der Waals surface area contributed by atoms with Gasteiger partial charge in [-0.2, -0.15) is 20.7 Å². The maximum Gasteiger partial charge on any atom is 0.253 e. The van der Waals surface area contributed by atoms with E-state index in [2.05, 4.69) is 21.5 Å². The Hall–Kier alpha value is -3.99. The predicted octanol–water partition coefficient (Wildman–Crippen LogP) is 2.46. The van der Waals surface area contributed by atoms with Crippen LogP contribution in [0.3, 0.4) is 0 Å². The molecule has 0 spiro atoms. The monoisotopic (exact) mass is 426 g/mol. The van der Waals surface area contributed by atoms with Crippen LogP contribution in [0.4, 0.5) is 0 Å². The quantitative estimate of drug-likeness (QED) is 0.648. The number of amides is 2. The van der Waals surface area contributed by atoms with Crippen LogP contribution in [-0.2, 0) is 4.79 Å². The number of nitrogens with one attached hydrogen (secondary N) is 1. The Morgan fingerprint density at radius 2 is 1.75 bits per heavy atom. The summed E-state index contributed by atoms with van der Waals surface area (Å²) in [7, 11) is 0. The molecule has 0 aliphatic carbocycles. The molecule has 3 heterocycles. The van der Waals surface area contributed by atoms with Gasteiger partial charge in [0, 0.05) is 37.8 Å². The molecule has 1 N–H and O–H groups in total. The molecule has 0 saturated carbocycles. The molecular formula is C24H22N6O2. The molecule has 2 atom stereocenters. The Bertz CT molecular complexity index is 1240. The molecule has 0 bridgehead atoms. The molecule has 32 heavy (non-hydrogen) atoms. The molecule has 5 rings (SSSR count). The van der Waals surface area contributed by atoms with Gasteiger partial charge in [0.25, 0.3) is 5.91 Å². The molecule has 2 aromatic carbocycles. The van der Waals surface area contributed by atoms with E-state index in [1.165, 1.54) is 0 Å². The first kappa shape index (κ1) is 19.9. The first-order valence-corrected chi connectivity index (χ1v) is 10.7. The molecule has 8 nitrogen and oxygen atoms in total. The average molecular weight is 426 g/mol. The number of carbonyl (C=O) groups excluding carboxylic acids is 2. The van der Waals surface area contributed by atoms with Crippen molar-refractivity contribution in [2.75, 3.05) is 26.2 Å².